The van der Waals surface area contributed by atoms with Crippen molar-refractivity contribution in [1.29, 1.82) is 0 Å². The first kappa shape index (κ1) is 14.3. The summed E-state index contributed by atoms with van der Waals surface area (Å²) >= 11 is 0. The van der Waals surface area contributed by atoms with E-state index < -0.39 is 0 Å². The maximum atomic E-state index is 11.7. The van der Waals surface area contributed by atoms with Gasteiger partial charge in [-0.25, -0.2) is 4.79 Å². The number of likely N-dealkylation sites (tertiary alicyclic amines) is 1. The van der Waals surface area contributed by atoms with E-state index in [1.165, 1.54) is 0 Å². The second kappa shape index (κ2) is 6.24. The quantitative estimate of drug-likeness (QED) is 0.707. The molecule has 0 saturated carbocycles. The molecule has 2 rings (SSSR count). The minimum atomic E-state index is -0.144. The Bertz CT molecular complexity index is 248. The first-order chi connectivity index (χ1) is 8.15. The molecule has 100 valence electrons. The van der Waals surface area contributed by atoms with Gasteiger partial charge >= 0.3 is 6.09 Å². The van der Waals surface area contributed by atoms with Crippen LogP contribution in [0.5, 0.6) is 0 Å². The zero-order valence-electron chi connectivity index (χ0n) is 11.7. The Morgan fingerprint density at radius 3 is 2.18 bits per heavy atom. The van der Waals surface area contributed by atoms with Gasteiger partial charge in [0.2, 0.25) is 0 Å². The van der Waals surface area contributed by atoms with Crippen LogP contribution in [-0.2, 0) is 4.74 Å². The third-order valence-electron chi connectivity index (χ3n) is 3.68. The molecule has 0 radical (unpaired) electrons. The predicted molar refractivity (Wildman–Crippen MR) is 69.2 cm³/mol. The van der Waals surface area contributed by atoms with Gasteiger partial charge in [0.25, 0.3) is 0 Å². The fraction of sp³-hybridized carbons (Fsp3) is 0.923. The lowest BCUT2D eigenvalue weighted by atomic mass is 9.87. The Morgan fingerprint density at radius 2 is 1.71 bits per heavy atom. The van der Waals surface area contributed by atoms with Gasteiger partial charge in [-0.15, -0.1) is 0 Å². The van der Waals surface area contributed by atoms with Crippen LogP contribution in [0.3, 0.4) is 0 Å². The normalized spacial score (nSPS) is 24.0. The molecule has 0 aromatic heterocycles. The summed E-state index contributed by atoms with van der Waals surface area (Å²) in [5.41, 5.74) is -0.144. The summed E-state index contributed by atoms with van der Waals surface area (Å²) in [5, 5.41) is 0. The number of rotatable bonds is 1. The van der Waals surface area contributed by atoms with Gasteiger partial charge in [-0.2, -0.15) is 0 Å². The molecule has 0 aromatic rings. The van der Waals surface area contributed by atoms with Gasteiger partial charge in [0.15, 0.2) is 0 Å². The SMILES string of the molecule is CC.CCN1CCC2(CCN(C)CC2)OC1=O. The average molecular weight is 242 g/mol. The summed E-state index contributed by atoms with van der Waals surface area (Å²) in [6.07, 6.45) is 2.87. The lowest BCUT2D eigenvalue weighted by molar-refractivity contribution is -0.0773. The number of carbonyl (C=O) groups excluding carboxylic acids is 1. The first-order valence-corrected chi connectivity index (χ1v) is 6.82. The Hall–Kier alpha value is -0.770. The fourth-order valence-corrected chi connectivity index (χ4v) is 2.40. The monoisotopic (exact) mass is 242 g/mol. The van der Waals surface area contributed by atoms with E-state index in [1.54, 1.807) is 4.90 Å². The number of hydrogen-bond acceptors (Lipinski definition) is 3. The number of nitrogens with zero attached hydrogens (tertiary/aromatic N) is 2. The van der Waals surface area contributed by atoms with Crippen molar-refractivity contribution in [2.24, 2.45) is 0 Å². The van der Waals surface area contributed by atoms with Crippen molar-refractivity contribution in [3.8, 4) is 0 Å². The molecule has 4 heteroatoms. The van der Waals surface area contributed by atoms with E-state index in [9.17, 15) is 4.79 Å². The number of amides is 1. The lowest BCUT2D eigenvalue weighted by Gasteiger charge is -2.45. The van der Waals surface area contributed by atoms with Crippen LogP contribution in [0, 0.1) is 0 Å². The minimum absolute atomic E-state index is 0.117. The van der Waals surface area contributed by atoms with Gasteiger partial charge in [0.1, 0.15) is 5.60 Å². The molecule has 17 heavy (non-hydrogen) atoms. The van der Waals surface area contributed by atoms with E-state index in [1.807, 2.05) is 20.8 Å². The van der Waals surface area contributed by atoms with Crippen LogP contribution in [0.15, 0.2) is 0 Å². The van der Waals surface area contributed by atoms with Crippen molar-refractivity contribution in [2.75, 3.05) is 33.2 Å². The van der Waals surface area contributed by atoms with Gasteiger partial charge in [-0.1, -0.05) is 13.8 Å². The summed E-state index contributed by atoms with van der Waals surface area (Å²) < 4.78 is 5.63. The number of piperidine rings is 1. The van der Waals surface area contributed by atoms with Gasteiger partial charge in [-0.05, 0) is 14.0 Å². The van der Waals surface area contributed by atoms with Crippen molar-refractivity contribution in [3.05, 3.63) is 0 Å². The largest absolute Gasteiger partial charge is 0.443 e. The average Bonchev–Trinajstić information content (AvgIpc) is 2.36. The number of hydrogen-bond donors (Lipinski definition) is 0. The fourth-order valence-electron chi connectivity index (χ4n) is 2.40. The molecule has 0 aliphatic carbocycles. The van der Waals surface area contributed by atoms with E-state index in [0.717, 1.165) is 45.4 Å². The van der Waals surface area contributed by atoms with Gasteiger partial charge in [0, 0.05) is 45.4 Å². The molecule has 2 saturated heterocycles. The van der Waals surface area contributed by atoms with Gasteiger partial charge in [0.05, 0.1) is 0 Å². The Morgan fingerprint density at radius 1 is 1.18 bits per heavy atom. The maximum Gasteiger partial charge on any atom is 0.410 e. The third-order valence-corrected chi connectivity index (χ3v) is 3.68. The molecule has 0 aromatic carbocycles. The van der Waals surface area contributed by atoms with E-state index in [-0.39, 0.29) is 11.7 Å². The maximum absolute atomic E-state index is 11.7. The highest BCUT2D eigenvalue weighted by atomic mass is 16.6. The molecule has 0 unspecified atom stereocenters. The third kappa shape index (κ3) is 3.35. The van der Waals surface area contributed by atoms with Crippen molar-refractivity contribution < 1.29 is 9.53 Å². The van der Waals surface area contributed by atoms with Crippen LogP contribution < -0.4 is 0 Å². The molecule has 2 heterocycles. The van der Waals surface area contributed by atoms with Crippen LogP contribution in [0.2, 0.25) is 0 Å². The standard InChI is InChI=1S/C11H20N2O2.C2H6/c1-3-13-9-6-11(15-10(13)14)4-7-12(2)8-5-11;1-2/h3-9H2,1-2H3;1-2H3. The first-order valence-electron chi connectivity index (χ1n) is 6.82. The highest BCUT2D eigenvalue weighted by Gasteiger charge is 2.41. The van der Waals surface area contributed by atoms with Crippen LogP contribution in [-0.4, -0.2) is 54.7 Å². The highest BCUT2D eigenvalue weighted by Crippen LogP contribution is 2.33. The minimum Gasteiger partial charge on any atom is -0.443 e. The molecule has 1 amide bonds. The Balaban J connectivity index is 0.000000686. The summed E-state index contributed by atoms with van der Waals surface area (Å²) in [6.45, 7) is 9.70. The lowest BCUT2D eigenvalue weighted by Crippen LogP contribution is -2.53. The summed E-state index contributed by atoms with van der Waals surface area (Å²) in [5.74, 6) is 0. The zero-order valence-corrected chi connectivity index (χ0v) is 11.7. The molecule has 1 spiro atoms. The van der Waals surface area contributed by atoms with Crippen LogP contribution in [0.4, 0.5) is 4.79 Å². The predicted octanol–water partition coefficient (Wildman–Crippen LogP) is 2.34. The molecule has 0 atom stereocenters. The van der Waals surface area contributed by atoms with Crippen LogP contribution in [0.25, 0.3) is 0 Å². The van der Waals surface area contributed by atoms with Gasteiger partial charge in [-0.3, -0.25) is 0 Å². The Kier molecular flexibility index (Phi) is 5.25. The molecule has 2 aliphatic heterocycles. The summed E-state index contributed by atoms with van der Waals surface area (Å²) in [7, 11) is 2.12. The molecule has 0 N–H and O–H groups in total. The van der Waals surface area contributed by atoms with E-state index in [0.29, 0.717) is 0 Å². The summed E-state index contributed by atoms with van der Waals surface area (Å²) in [6, 6.07) is 0. The van der Waals surface area contributed by atoms with Crippen LogP contribution in [0.1, 0.15) is 40.0 Å². The molecule has 2 aliphatic rings. The molecule has 4 nitrogen and oxygen atoms in total. The van der Waals surface area contributed by atoms with Crippen molar-refractivity contribution in [2.45, 2.75) is 45.6 Å². The van der Waals surface area contributed by atoms with E-state index in [4.69, 9.17) is 4.74 Å². The molecule has 0 bridgehead atoms. The second-order valence-corrected chi connectivity index (χ2v) is 4.68. The molecular formula is C13H26N2O2. The molecule has 2 fully saturated rings. The van der Waals surface area contributed by atoms with E-state index in [2.05, 4.69) is 11.9 Å². The van der Waals surface area contributed by atoms with Crippen molar-refractivity contribution in [3.63, 3.8) is 0 Å². The highest BCUT2D eigenvalue weighted by molar-refractivity contribution is 5.69. The smallest absolute Gasteiger partial charge is 0.410 e. The number of ether oxygens (including phenoxy) is 1. The zero-order chi connectivity index (χ0) is 12.9. The second-order valence-electron chi connectivity index (χ2n) is 4.68. The van der Waals surface area contributed by atoms with Crippen molar-refractivity contribution in [1.82, 2.24) is 9.80 Å². The topological polar surface area (TPSA) is 32.8 Å². The Labute approximate surface area is 105 Å². The van der Waals surface area contributed by atoms with Crippen molar-refractivity contribution >= 4 is 6.09 Å². The van der Waals surface area contributed by atoms with Gasteiger partial charge < -0.3 is 14.5 Å². The van der Waals surface area contributed by atoms with Crippen LogP contribution >= 0.6 is 0 Å². The van der Waals surface area contributed by atoms with E-state index >= 15 is 0 Å². The summed E-state index contributed by atoms with van der Waals surface area (Å²) in [4.78, 5) is 15.7. The molecular weight excluding hydrogens is 216 g/mol. The number of carbonyl (C=O) groups is 1.